The van der Waals surface area contributed by atoms with Gasteiger partial charge in [0.2, 0.25) is 0 Å². The van der Waals surface area contributed by atoms with Crippen LogP contribution in [0.3, 0.4) is 0 Å². The zero-order valence-electron chi connectivity index (χ0n) is 17.7. The van der Waals surface area contributed by atoms with Crippen molar-refractivity contribution in [2.45, 2.75) is 39.2 Å². The van der Waals surface area contributed by atoms with Crippen LogP contribution in [0.25, 0.3) is 5.70 Å². The van der Waals surface area contributed by atoms with Gasteiger partial charge in [0.25, 0.3) is 5.91 Å². The minimum atomic E-state index is -0.239. The largest absolute Gasteiger partial charge is 0.491 e. The zero-order valence-corrected chi connectivity index (χ0v) is 17.7. The number of rotatable bonds is 10. The van der Waals surface area contributed by atoms with E-state index < -0.39 is 0 Å². The third-order valence-electron chi connectivity index (χ3n) is 4.85. The molecule has 0 bridgehead atoms. The number of aliphatic hydroxyl groups excluding tert-OH is 1. The molecule has 0 saturated heterocycles. The molecule has 3 N–H and O–H groups in total. The Hall–Kier alpha value is -2.86. The van der Waals surface area contributed by atoms with Crippen LogP contribution < -0.4 is 15.4 Å². The lowest BCUT2D eigenvalue weighted by atomic mass is 9.95. The van der Waals surface area contributed by atoms with E-state index >= 15 is 0 Å². The molecular weight excluding hydrogens is 366 g/mol. The van der Waals surface area contributed by atoms with E-state index in [4.69, 9.17) is 9.84 Å². The third kappa shape index (κ3) is 6.06. The molecule has 0 aliphatic rings. The molecule has 156 valence electrons. The van der Waals surface area contributed by atoms with Crippen LogP contribution in [0.15, 0.2) is 43.0 Å². The fourth-order valence-electron chi connectivity index (χ4n) is 2.88. The van der Waals surface area contributed by atoms with Crippen molar-refractivity contribution in [3.8, 4) is 5.75 Å². The number of nitrogens with one attached hydrogen (secondary N) is 2. The van der Waals surface area contributed by atoms with E-state index in [0.717, 1.165) is 28.9 Å². The van der Waals surface area contributed by atoms with Crippen molar-refractivity contribution in [2.75, 3.05) is 20.3 Å². The van der Waals surface area contributed by atoms with Crippen LogP contribution in [0.2, 0.25) is 0 Å². The third-order valence-corrected chi connectivity index (χ3v) is 4.85. The fraction of sp³-hybridized carbons (Fsp3) is 0.391. The highest BCUT2D eigenvalue weighted by Gasteiger charge is 2.17. The average Bonchev–Trinajstić information content (AvgIpc) is 2.76. The Morgan fingerprint density at radius 1 is 1.28 bits per heavy atom. The predicted molar refractivity (Wildman–Crippen MR) is 116 cm³/mol. The summed E-state index contributed by atoms with van der Waals surface area (Å²) in [4.78, 5) is 16.9. The summed E-state index contributed by atoms with van der Waals surface area (Å²) >= 11 is 0. The number of pyridine rings is 1. The Balaban J connectivity index is 2.41. The smallest absolute Gasteiger partial charge is 0.269 e. The molecule has 0 spiro atoms. The van der Waals surface area contributed by atoms with Crippen LogP contribution in [-0.4, -0.2) is 42.3 Å². The van der Waals surface area contributed by atoms with Crippen molar-refractivity contribution in [3.05, 3.63) is 65.5 Å². The van der Waals surface area contributed by atoms with Gasteiger partial charge in [0.1, 0.15) is 18.1 Å². The molecular formula is C23H31N3O3. The minimum Gasteiger partial charge on any atom is -0.491 e. The molecule has 1 unspecified atom stereocenters. The van der Waals surface area contributed by atoms with Crippen molar-refractivity contribution in [2.24, 2.45) is 0 Å². The molecule has 1 heterocycles. The first kappa shape index (κ1) is 22.4. The second-order valence-electron chi connectivity index (χ2n) is 7.04. The quantitative estimate of drug-likeness (QED) is 0.573. The zero-order chi connectivity index (χ0) is 21.4. The SMILES string of the molecule is C=C(N[C@H](C)CC)c1cc(C(=O)NC)nc(C(C)c2cccc(OCCO)c2)c1. The highest BCUT2D eigenvalue weighted by atomic mass is 16.5. The second-order valence-corrected chi connectivity index (χ2v) is 7.04. The number of benzene rings is 1. The molecule has 0 fully saturated rings. The normalized spacial score (nSPS) is 12.7. The molecule has 1 amide bonds. The van der Waals surface area contributed by atoms with Gasteiger partial charge < -0.3 is 20.5 Å². The van der Waals surface area contributed by atoms with Crippen molar-refractivity contribution in [3.63, 3.8) is 0 Å². The molecule has 0 aliphatic carbocycles. The van der Waals surface area contributed by atoms with Gasteiger partial charge in [0.15, 0.2) is 0 Å². The van der Waals surface area contributed by atoms with Gasteiger partial charge in [-0.25, -0.2) is 4.98 Å². The van der Waals surface area contributed by atoms with Crippen molar-refractivity contribution < 1.29 is 14.6 Å². The summed E-state index contributed by atoms with van der Waals surface area (Å²) in [7, 11) is 1.59. The van der Waals surface area contributed by atoms with Gasteiger partial charge in [-0.15, -0.1) is 0 Å². The molecule has 1 aromatic heterocycles. The summed E-state index contributed by atoms with van der Waals surface area (Å²) in [5.74, 6) is 0.387. The number of hydrogen-bond acceptors (Lipinski definition) is 5. The van der Waals surface area contributed by atoms with Crippen molar-refractivity contribution in [1.82, 2.24) is 15.6 Å². The van der Waals surface area contributed by atoms with Gasteiger partial charge in [-0.2, -0.15) is 0 Å². The molecule has 29 heavy (non-hydrogen) atoms. The van der Waals surface area contributed by atoms with Gasteiger partial charge in [0.05, 0.1) is 6.61 Å². The monoisotopic (exact) mass is 397 g/mol. The maximum atomic E-state index is 12.3. The fourth-order valence-corrected chi connectivity index (χ4v) is 2.88. The van der Waals surface area contributed by atoms with Crippen LogP contribution in [0.1, 0.15) is 60.4 Å². The van der Waals surface area contributed by atoms with E-state index in [2.05, 4.69) is 36.0 Å². The lowest BCUT2D eigenvalue weighted by Gasteiger charge is -2.19. The van der Waals surface area contributed by atoms with Gasteiger partial charge in [-0.3, -0.25) is 4.79 Å². The first-order valence-corrected chi connectivity index (χ1v) is 9.93. The number of carbonyl (C=O) groups excluding carboxylic acids is 1. The number of carbonyl (C=O) groups is 1. The molecule has 6 nitrogen and oxygen atoms in total. The lowest BCUT2D eigenvalue weighted by Crippen LogP contribution is -2.24. The van der Waals surface area contributed by atoms with E-state index in [1.54, 1.807) is 13.1 Å². The molecule has 0 saturated carbocycles. The van der Waals surface area contributed by atoms with Gasteiger partial charge in [0, 0.05) is 36.0 Å². The van der Waals surface area contributed by atoms with Crippen molar-refractivity contribution in [1.29, 1.82) is 0 Å². The van der Waals surface area contributed by atoms with E-state index in [1.807, 2.05) is 37.3 Å². The van der Waals surface area contributed by atoms with E-state index in [1.165, 1.54) is 0 Å². The van der Waals surface area contributed by atoms with Crippen molar-refractivity contribution >= 4 is 11.6 Å². The first-order valence-electron chi connectivity index (χ1n) is 9.93. The maximum absolute atomic E-state index is 12.3. The van der Waals surface area contributed by atoms with Crippen LogP contribution in [0.4, 0.5) is 0 Å². The second kappa shape index (κ2) is 10.6. The predicted octanol–water partition coefficient (Wildman–Crippen LogP) is 3.32. The summed E-state index contributed by atoms with van der Waals surface area (Å²) < 4.78 is 5.52. The molecule has 0 aliphatic heterocycles. The number of nitrogens with zero attached hydrogens (tertiary/aromatic N) is 1. The van der Waals surface area contributed by atoms with E-state index in [-0.39, 0.29) is 31.1 Å². The molecule has 0 radical (unpaired) electrons. The van der Waals surface area contributed by atoms with Crippen LogP contribution >= 0.6 is 0 Å². The van der Waals surface area contributed by atoms with Gasteiger partial charge >= 0.3 is 0 Å². The Morgan fingerprint density at radius 3 is 2.69 bits per heavy atom. The highest BCUT2D eigenvalue weighted by Crippen LogP contribution is 2.28. The molecule has 1 aromatic carbocycles. The molecule has 2 atom stereocenters. The number of aliphatic hydroxyl groups is 1. The molecule has 6 heteroatoms. The van der Waals surface area contributed by atoms with Crippen LogP contribution in [-0.2, 0) is 0 Å². The summed E-state index contributed by atoms with van der Waals surface area (Å²) in [5, 5.41) is 15.0. The van der Waals surface area contributed by atoms with E-state index in [0.29, 0.717) is 11.4 Å². The summed E-state index contributed by atoms with van der Waals surface area (Å²) in [6.45, 7) is 10.6. The van der Waals surface area contributed by atoms with Crippen LogP contribution in [0, 0.1) is 0 Å². The topological polar surface area (TPSA) is 83.5 Å². The molecule has 2 aromatic rings. The van der Waals surface area contributed by atoms with Gasteiger partial charge in [-0.05, 0) is 43.2 Å². The maximum Gasteiger partial charge on any atom is 0.269 e. The number of hydrogen-bond donors (Lipinski definition) is 3. The summed E-state index contributed by atoms with van der Waals surface area (Å²) in [6.07, 6.45) is 0.969. The summed E-state index contributed by atoms with van der Waals surface area (Å²) in [6, 6.07) is 11.7. The highest BCUT2D eigenvalue weighted by molar-refractivity contribution is 5.93. The Morgan fingerprint density at radius 2 is 2.03 bits per heavy atom. The number of ether oxygens (including phenoxy) is 1. The molecule has 2 rings (SSSR count). The summed E-state index contributed by atoms with van der Waals surface area (Å²) in [5.41, 5.74) is 3.74. The number of amides is 1. The Labute approximate surface area is 173 Å². The standard InChI is InChI=1S/C23H31N3O3/c1-6-15(2)25-17(4)19-13-21(26-22(14-19)23(28)24-5)16(3)18-8-7-9-20(12-18)29-11-10-27/h7-9,12-16,25,27H,4,6,10-11H2,1-3,5H3,(H,24,28)/t15-,16?/m1/s1. The van der Waals surface area contributed by atoms with E-state index in [9.17, 15) is 4.79 Å². The Kier molecular flexibility index (Phi) is 8.21. The minimum absolute atomic E-state index is 0.0375. The first-order chi connectivity index (χ1) is 13.9. The average molecular weight is 398 g/mol. The lowest BCUT2D eigenvalue weighted by molar-refractivity contribution is 0.0958. The van der Waals surface area contributed by atoms with Crippen LogP contribution in [0.5, 0.6) is 5.75 Å². The van der Waals surface area contributed by atoms with Gasteiger partial charge in [-0.1, -0.05) is 32.6 Å². The Bertz CT molecular complexity index is 851. The number of aromatic nitrogens is 1.